The van der Waals surface area contributed by atoms with Crippen molar-refractivity contribution in [2.24, 2.45) is 0 Å². The highest BCUT2D eigenvalue weighted by atomic mass is 79.9. The standard InChI is InChI=1S/C14H11BrF2O2/c15-11-2-4-14(10(5-11)7-18)19-8-9-1-3-12(16)6-13(9)17/h1-6,18H,7-8H2. The summed E-state index contributed by atoms with van der Waals surface area (Å²) >= 11 is 3.28. The highest BCUT2D eigenvalue weighted by Gasteiger charge is 2.07. The van der Waals surface area contributed by atoms with Crippen LogP contribution in [0.1, 0.15) is 11.1 Å². The highest BCUT2D eigenvalue weighted by Crippen LogP contribution is 2.24. The van der Waals surface area contributed by atoms with E-state index in [0.717, 1.165) is 10.5 Å². The van der Waals surface area contributed by atoms with E-state index in [4.69, 9.17) is 4.74 Å². The maximum atomic E-state index is 13.4. The van der Waals surface area contributed by atoms with Gasteiger partial charge < -0.3 is 9.84 Å². The van der Waals surface area contributed by atoms with Gasteiger partial charge in [-0.05, 0) is 30.3 Å². The van der Waals surface area contributed by atoms with Crippen molar-refractivity contribution in [1.29, 1.82) is 0 Å². The Morgan fingerprint density at radius 1 is 1.05 bits per heavy atom. The molecule has 0 radical (unpaired) electrons. The summed E-state index contributed by atoms with van der Waals surface area (Å²) in [7, 11) is 0. The average molecular weight is 329 g/mol. The Kier molecular flexibility index (Phi) is 4.50. The van der Waals surface area contributed by atoms with Crippen molar-refractivity contribution < 1.29 is 18.6 Å². The van der Waals surface area contributed by atoms with Crippen LogP contribution in [0.3, 0.4) is 0 Å². The van der Waals surface area contributed by atoms with Gasteiger partial charge in [-0.2, -0.15) is 0 Å². The van der Waals surface area contributed by atoms with Gasteiger partial charge in [-0.25, -0.2) is 8.78 Å². The number of aliphatic hydroxyl groups excluding tert-OH is 1. The minimum absolute atomic E-state index is 0.0270. The molecule has 0 fully saturated rings. The quantitative estimate of drug-likeness (QED) is 0.925. The molecule has 0 aliphatic heterocycles. The van der Waals surface area contributed by atoms with Gasteiger partial charge in [-0.1, -0.05) is 15.9 Å². The van der Waals surface area contributed by atoms with Gasteiger partial charge in [-0.3, -0.25) is 0 Å². The fraction of sp³-hybridized carbons (Fsp3) is 0.143. The van der Waals surface area contributed by atoms with E-state index in [2.05, 4.69) is 15.9 Å². The molecule has 2 nitrogen and oxygen atoms in total. The summed E-state index contributed by atoms with van der Waals surface area (Å²) in [4.78, 5) is 0. The second-order valence-electron chi connectivity index (χ2n) is 3.93. The lowest BCUT2D eigenvalue weighted by Gasteiger charge is -2.11. The summed E-state index contributed by atoms with van der Waals surface area (Å²) in [5.74, 6) is -0.807. The summed E-state index contributed by atoms with van der Waals surface area (Å²) in [6.45, 7) is -0.207. The van der Waals surface area contributed by atoms with Gasteiger partial charge in [0.25, 0.3) is 0 Å². The SMILES string of the molecule is OCc1cc(Br)ccc1OCc1ccc(F)cc1F. The van der Waals surface area contributed by atoms with Crippen LogP contribution in [0.4, 0.5) is 8.78 Å². The Hall–Kier alpha value is -1.46. The number of rotatable bonds is 4. The van der Waals surface area contributed by atoms with E-state index in [0.29, 0.717) is 11.3 Å². The third-order valence-corrected chi connectivity index (χ3v) is 3.08. The fourth-order valence-corrected chi connectivity index (χ4v) is 2.02. The minimum Gasteiger partial charge on any atom is -0.488 e. The molecule has 0 aliphatic rings. The van der Waals surface area contributed by atoms with Crippen molar-refractivity contribution in [1.82, 2.24) is 0 Å². The molecule has 19 heavy (non-hydrogen) atoms. The predicted octanol–water partition coefficient (Wildman–Crippen LogP) is 3.80. The Labute approximate surface area is 117 Å². The van der Waals surface area contributed by atoms with Crippen LogP contribution in [0.25, 0.3) is 0 Å². The molecule has 0 unspecified atom stereocenters. The molecule has 0 saturated heterocycles. The van der Waals surface area contributed by atoms with Crippen molar-refractivity contribution in [3.8, 4) is 5.75 Å². The third-order valence-electron chi connectivity index (χ3n) is 2.59. The number of ether oxygens (including phenoxy) is 1. The van der Waals surface area contributed by atoms with Crippen LogP contribution < -0.4 is 4.74 Å². The van der Waals surface area contributed by atoms with Crippen LogP contribution in [-0.2, 0) is 13.2 Å². The number of halogens is 3. The van der Waals surface area contributed by atoms with E-state index in [9.17, 15) is 13.9 Å². The van der Waals surface area contributed by atoms with Crippen molar-refractivity contribution in [3.63, 3.8) is 0 Å². The summed E-state index contributed by atoms with van der Waals surface area (Å²) in [5.41, 5.74) is 0.852. The molecule has 0 bridgehead atoms. The normalized spacial score (nSPS) is 10.5. The second kappa shape index (κ2) is 6.12. The first-order valence-corrected chi connectivity index (χ1v) is 6.35. The van der Waals surface area contributed by atoms with Crippen LogP contribution in [0.5, 0.6) is 5.75 Å². The highest BCUT2D eigenvalue weighted by molar-refractivity contribution is 9.10. The van der Waals surface area contributed by atoms with Gasteiger partial charge >= 0.3 is 0 Å². The molecule has 1 N–H and O–H groups in total. The van der Waals surface area contributed by atoms with Crippen molar-refractivity contribution in [3.05, 3.63) is 63.6 Å². The smallest absolute Gasteiger partial charge is 0.132 e. The monoisotopic (exact) mass is 328 g/mol. The molecule has 0 atom stereocenters. The van der Waals surface area contributed by atoms with Crippen molar-refractivity contribution in [2.75, 3.05) is 0 Å². The van der Waals surface area contributed by atoms with Gasteiger partial charge in [0.15, 0.2) is 0 Å². The first-order valence-electron chi connectivity index (χ1n) is 5.56. The summed E-state index contributed by atoms with van der Waals surface area (Å²) < 4.78 is 32.4. The molecule has 0 aromatic heterocycles. The number of aliphatic hydroxyl groups is 1. The molecular formula is C14H11BrF2O2. The van der Waals surface area contributed by atoms with E-state index < -0.39 is 11.6 Å². The molecule has 0 heterocycles. The Balaban J connectivity index is 2.14. The fourth-order valence-electron chi connectivity index (χ4n) is 1.61. The molecule has 0 aliphatic carbocycles. The lowest BCUT2D eigenvalue weighted by Crippen LogP contribution is -2.01. The molecular weight excluding hydrogens is 318 g/mol. The minimum atomic E-state index is -0.650. The van der Waals surface area contributed by atoms with Crippen molar-refractivity contribution in [2.45, 2.75) is 13.2 Å². The lowest BCUT2D eigenvalue weighted by atomic mass is 10.2. The molecule has 0 saturated carbocycles. The molecule has 0 spiro atoms. The molecule has 5 heteroatoms. The number of benzene rings is 2. The maximum absolute atomic E-state index is 13.4. The van der Waals surface area contributed by atoms with Gasteiger partial charge in [-0.15, -0.1) is 0 Å². The average Bonchev–Trinajstić information content (AvgIpc) is 2.39. The predicted molar refractivity (Wildman–Crippen MR) is 70.8 cm³/mol. The summed E-state index contributed by atoms with van der Waals surface area (Å²) in [6, 6.07) is 8.48. The van der Waals surface area contributed by atoms with Gasteiger partial charge in [0.05, 0.1) is 6.61 Å². The zero-order chi connectivity index (χ0) is 13.8. The largest absolute Gasteiger partial charge is 0.488 e. The molecule has 2 aromatic rings. The third kappa shape index (κ3) is 3.52. The van der Waals surface area contributed by atoms with Crippen LogP contribution in [0.15, 0.2) is 40.9 Å². The Bertz CT molecular complexity index is 588. The summed E-state index contributed by atoms with van der Waals surface area (Å²) in [5, 5.41) is 9.21. The van der Waals surface area contributed by atoms with Crippen LogP contribution in [0, 0.1) is 11.6 Å². The topological polar surface area (TPSA) is 29.5 Å². The first-order chi connectivity index (χ1) is 9.10. The van der Waals surface area contributed by atoms with Crippen LogP contribution >= 0.6 is 15.9 Å². The van der Waals surface area contributed by atoms with Crippen LogP contribution in [-0.4, -0.2) is 5.11 Å². The van der Waals surface area contributed by atoms with E-state index in [1.54, 1.807) is 18.2 Å². The van der Waals surface area contributed by atoms with Gasteiger partial charge in [0, 0.05) is 21.7 Å². The van der Waals surface area contributed by atoms with E-state index >= 15 is 0 Å². The van der Waals surface area contributed by atoms with E-state index in [-0.39, 0.29) is 18.8 Å². The number of hydrogen-bond donors (Lipinski definition) is 1. The zero-order valence-corrected chi connectivity index (χ0v) is 11.5. The van der Waals surface area contributed by atoms with Gasteiger partial charge in [0.2, 0.25) is 0 Å². The van der Waals surface area contributed by atoms with Crippen LogP contribution in [0.2, 0.25) is 0 Å². The molecule has 100 valence electrons. The first kappa shape index (κ1) is 14.0. The Morgan fingerprint density at radius 2 is 1.84 bits per heavy atom. The molecule has 2 aromatic carbocycles. The lowest BCUT2D eigenvalue weighted by molar-refractivity contribution is 0.257. The Morgan fingerprint density at radius 3 is 2.53 bits per heavy atom. The zero-order valence-electron chi connectivity index (χ0n) is 9.87. The van der Waals surface area contributed by atoms with Gasteiger partial charge in [0.1, 0.15) is 24.0 Å². The maximum Gasteiger partial charge on any atom is 0.132 e. The summed E-state index contributed by atoms with van der Waals surface area (Å²) in [6.07, 6.45) is 0. The van der Waals surface area contributed by atoms with E-state index in [1.807, 2.05) is 0 Å². The number of hydrogen-bond acceptors (Lipinski definition) is 2. The molecule has 0 amide bonds. The molecule has 2 rings (SSSR count). The van der Waals surface area contributed by atoms with E-state index in [1.165, 1.54) is 12.1 Å². The second-order valence-corrected chi connectivity index (χ2v) is 4.85. The van der Waals surface area contributed by atoms with Crippen molar-refractivity contribution >= 4 is 15.9 Å².